The number of tetrazole rings is 1. The number of rotatable bonds is 7. The van der Waals surface area contributed by atoms with E-state index in [1.54, 1.807) is 16.9 Å². The molecule has 10 heteroatoms. The smallest absolute Gasteiger partial charge is 0.216 e. The molecule has 2 N–H and O–H groups in total. The Morgan fingerprint density at radius 2 is 2.00 bits per heavy atom. The van der Waals surface area contributed by atoms with Gasteiger partial charge in [-0.15, -0.1) is 20.4 Å². The lowest BCUT2D eigenvalue weighted by molar-refractivity contribution is 0.762. The molecule has 2 aromatic carbocycles. The molecule has 0 saturated carbocycles. The van der Waals surface area contributed by atoms with Crippen molar-refractivity contribution in [3.8, 4) is 11.8 Å². The van der Waals surface area contributed by atoms with Gasteiger partial charge in [-0.25, -0.2) is 0 Å². The highest BCUT2D eigenvalue weighted by Gasteiger charge is 2.11. The number of hydrogen-bond donors (Lipinski definition) is 2. The van der Waals surface area contributed by atoms with Crippen LogP contribution < -0.4 is 5.32 Å². The van der Waals surface area contributed by atoms with Crippen LogP contribution in [0.3, 0.4) is 0 Å². The maximum atomic E-state index is 9.27. The Morgan fingerprint density at radius 1 is 1.23 bits per heavy atom. The van der Waals surface area contributed by atoms with Crippen LogP contribution in [0.2, 0.25) is 5.02 Å². The third-order valence-electron chi connectivity index (χ3n) is 4.53. The molecule has 0 bridgehead atoms. The van der Waals surface area contributed by atoms with Gasteiger partial charge in [0.05, 0.1) is 16.4 Å². The van der Waals surface area contributed by atoms with Crippen molar-refractivity contribution in [3.63, 3.8) is 0 Å². The lowest BCUT2D eigenvalue weighted by Crippen LogP contribution is -1.98. The fourth-order valence-electron chi connectivity index (χ4n) is 2.91. The van der Waals surface area contributed by atoms with E-state index in [0.29, 0.717) is 21.7 Å². The molecule has 0 spiro atoms. The zero-order valence-corrected chi connectivity index (χ0v) is 16.9. The molecule has 0 amide bonds. The van der Waals surface area contributed by atoms with Gasteiger partial charge in [0, 0.05) is 6.20 Å². The Labute approximate surface area is 177 Å². The Bertz CT molecular complexity index is 1220. The summed E-state index contributed by atoms with van der Waals surface area (Å²) in [6, 6.07) is 13.7. The summed E-state index contributed by atoms with van der Waals surface area (Å²) in [6.07, 6.45) is 4.88. The zero-order chi connectivity index (χ0) is 20.9. The second-order valence-electron chi connectivity index (χ2n) is 6.63. The van der Waals surface area contributed by atoms with Gasteiger partial charge in [-0.2, -0.15) is 15.3 Å². The highest BCUT2D eigenvalue weighted by molar-refractivity contribution is 6.34. The topological polar surface area (TPSA) is 121 Å². The van der Waals surface area contributed by atoms with E-state index in [0.717, 1.165) is 12.1 Å². The number of aryl methyl sites for hydroxylation is 1. The standard InChI is InChI=1S/C20H18ClN9/c1-2-3-4-13-5-7-15(8-6-13)30-26-18-9-16(21)17(10-19(18)27-30)23-12-14(11-22)20-24-28-29-25-20/h5-10,12,23H,2-4H2,1H3,(H,24,25,28,29). The molecule has 0 atom stereocenters. The van der Waals surface area contributed by atoms with E-state index in [2.05, 4.69) is 55.2 Å². The average molecular weight is 420 g/mol. The maximum absolute atomic E-state index is 9.27. The predicted molar refractivity (Wildman–Crippen MR) is 114 cm³/mol. The number of H-pyrrole nitrogens is 1. The van der Waals surface area contributed by atoms with Crippen LogP contribution in [0.5, 0.6) is 0 Å². The third-order valence-corrected chi connectivity index (χ3v) is 4.85. The molecular formula is C20H18ClN9. The van der Waals surface area contributed by atoms with Gasteiger partial charge in [0.1, 0.15) is 22.7 Å². The largest absolute Gasteiger partial charge is 0.359 e. The fourth-order valence-corrected chi connectivity index (χ4v) is 3.13. The van der Waals surface area contributed by atoms with Crippen molar-refractivity contribution in [1.82, 2.24) is 35.6 Å². The molecule has 0 aliphatic rings. The minimum Gasteiger partial charge on any atom is -0.359 e. The van der Waals surface area contributed by atoms with Crippen LogP contribution in [0, 0.1) is 11.3 Å². The second-order valence-corrected chi connectivity index (χ2v) is 7.04. The van der Waals surface area contributed by atoms with Crippen molar-refractivity contribution in [2.75, 3.05) is 5.32 Å². The molecule has 2 heterocycles. The van der Waals surface area contributed by atoms with Gasteiger partial charge in [-0.1, -0.05) is 37.1 Å². The molecule has 30 heavy (non-hydrogen) atoms. The normalized spacial score (nSPS) is 11.6. The highest BCUT2D eigenvalue weighted by atomic mass is 35.5. The highest BCUT2D eigenvalue weighted by Crippen LogP contribution is 2.27. The molecule has 0 aliphatic carbocycles. The fraction of sp³-hybridized carbons (Fsp3) is 0.200. The molecule has 0 fully saturated rings. The predicted octanol–water partition coefficient (Wildman–Crippen LogP) is 3.91. The maximum Gasteiger partial charge on any atom is 0.216 e. The number of fused-ring (bicyclic) bond motifs is 1. The van der Waals surface area contributed by atoms with Crippen molar-refractivity contribution in [2.45, 2.75) is 26.2 Å². The number of aromatic amines is 1. The lowest BCUT2D eigenvalue weighted by Gasteiger charge is -2.03. The van der Waals surface area contributed by atoms with Crippen LogP contribution in [0.4, 0.5) is 5.69 Å². The number of benzene rings is 2. The van der Waals surface area contributed by atoms with Gasteiger partial charge in [0.2, 0.25) is 5.82 Å². The van der Waals surface area contributed by atoms with Crippen molar-refractivity contribution < 1.29 is 0 Å². The molecule has 0 unspecified atom stereocenters. The molecule has 4 aromatic rings. The minimum atomic E-state index is 0.190. The summed E-state index contributed by atoms with van der Waals surface area (Å²) in [5, 5.41) is 35.2. The molecule has 150 valence electrons. The van der Waals surface area contributed by atoms with Crippen molar-refractivity contribution in [1.29, 1.82) is 5.26 Å². The number of allylic oxidation sites excluding steroid dienone is 1. The first-order chi connectivity index (χ1) is 14.7. The number of hydrogen-bond acceptors (Lipinski definition) is 7. The van der Waals surface area contributed by atoms with Crippen molar-refractivity contribution in [3.05, 3.63) is 59.0 Å². The third kappa shape index (κ3) is 4.14. The number of anilines is 1. The first-order valence-electron chi connectivity index (χ1n) is 9.44. The molecular weight excluding hydrogens is 402 g/mol. The Hall–Kier alpha value is -3.77. The summed E-state index contributed by atoms with van der Waals surface area (Å²) in [6.45, 7) is 2.18. The summed E-state index contributed by atoms with van der Waals surface area (Å²) in [4.78, 5) is 1.59. The van der Waals surface area contributed by atoms with Crippen LogP contribution in [0.25, 0.3) is 22.3 Å². The van der Waals surface area contributed by atoms with Crippen molar-refractivity contribution >= 4 is 33.9 Å². The Morgan fingerprint density at radius 3 is 2.67 bits per heavy atom. The van der Waals surface area contributed by atoms with Gasteiger partial charge in [0.25, 0.3) is 0 Å². The van der Waals surface area contributed by atoms with Gasteiger partial charge in [-0.3, -0.25) is 0 Å². The van der Waals surface area contributed by atoms with E-state index in [1.807, 2.05) is 18.2 Å². The van der Waals surface area contributed by atoms with Crippen LogP contribution in [-0.4, -0.2) is 35.6 Å². The van der Waals surface area contributed by atoms with Crippen molar-refractivity contribution in [2.24, 2.45) is 0 Å². The van der Waals surface area contributed by atoms with E-state index in [4.69, 9.17) is 11.6 Å². The van der Waals surface area contributed by atoms with Gasteiger partial charge < -0.3 is 5.32 Å². The zero-order valence-electron chi connectivity index (χ0n) is 16.2. The second kappa shape index (κ2) is 8.71. The molecule has 0 aliphatic heterocycles. The van der Waals surface area contributed by atoms with Gasteiger partial charge in [0.15, 0.2) is 0 Å². The summed E-state index contributed by atoms with van der Waals surface area (Å²) >= 11 is 6.38. The number of nitrogens with one attached hydrogen (secondary N) is 2. The van der Waals surface area contributed by atoms with E-state index in [9.17, 15) is 5.26 Å². The molecule has 9 nitrogen and oxygen atoms in total. The SMILES string of the molecule is CCCCc1ccc(-n2nc3cc(Cl)c(NC=C(C#N)c4nn[nH]n4)cc3n2)cc1. The summed E-state index contributed by atoms with van der Waals surface area (Å²) < 4.78 is 0. The minimum absolute atomic E-state index is 0.190. The van der Waals surface area contributed by atoms with Gasteiger partial charge in [-0.05, 0) is 47.9 Å². The Balaban J connectivity index is 1.59. The summed E-state index contributed by atoms with van der Waals surface area (Å²) in [5.41, 5.74) is 4.31. The lowest BCUT2D eigenvalue weighted by atomic mass is 10.1. The Kier molecular flexibility index (Phi) is 5.68. The monoisotopic (exact) mass is 419 g/mol. The van der Waals surface area contributed by atoms with Crippen LogP contribution in [-0.2, 0) is 6.42 Å². The van der Waals surface area contributed by atoms with Crippen LogP contribution >= 0.6 is 11.6 Å². The van der Waals surface area contributed by atoms with E-state index in [1.165, 1.54) is 24.6 Å². The van der Waals surface area contributed by atoms with E-state index >= 15 is 0 Å². The number of unbranched alkanes of at least 4 members (excludes halogenated alkanes) is 1. The number of nitriles is 1. The molecule has 0 radical (unpaired) electrons. The average Bonchev–Trinajstić information content (AvgIpc) is 3.43. The molecule has 2 aromatic heterocycles. The number of aromatic nitrogens is 7. The van der Waals surface area contributed by atoms with Gasteiger partial charge >= 0.3 is 0 Å². The molecule has 0 saturated heterocycles. The summed E-state index contributed by atoms with van der Waals surface area (Å²) in [7, 11) is 0. The first-order valence-corrected chi connectivity index (χ1v) is 9.82. The van der Waals surface area contributed by atoms with E-state index < -0.39 is 0 Å². The van der Waals surface area contributed by atoms with Crippen LogP contribution in [0.1, 0.15) is 31.2 Å². The summed E-state index contributed by atoms with van der Waals surface area (Å²) in [5.74, 6) is 0.190. The number of halogens is 1. The quantitative estimate of drug-likeness (QED) is 0.435. The first kappa shape index (κ1) is 19.5. The van der Waals surface area contributed by atoms with Crippen LogP contribution in [0.15, 0.2) is 42.6 Å². The molecule has 4 rings (SSSR count). The van der Waals surface area contributed by atoms with E-state index in [-0.39, 0.29) is 11.4 Å². The number of nitrogens with zero attached hydrogens (tertiary/aromatic N) is 7.